The first-order chi connectivity index (χ1) is 20.1. The molecule has 226 valence electrons. The van der Waals surface area contributed by atoms with Crippen LogP contribution in [0, 0.1) is 5.92 Å². The van der Waals surface area contributed by atoms with Gasteiger partial charge in [0.1, 0.15) is 12.1 Å². The molecule has 1 aliphatic carbocycles. The fourth-order valence-corrected chi connectivity index (χ4v) is 6.28. The summed E-state index contributed by atoms with van der Waals surface area (Å²) in [5.41, 5.74) is 13.3. The molecule has 10 heteroatoms. The molecule has 1 saturated heterocycles. The number of guanidine groups is 1. The molecule has 4 rings (SSSR count). The van der Waals surface area contributed by atoms with Crippen molar-refractivity contribution in [3.05, 3.63) is 70.2 Å². The van der Waals surface area contributed by atoms with Gasteiger partial charge in [0.15, 0.2) is 5.96 Å². The van der Waals surface area contributed by atoms with E-state index >= 15 is 0 Å². The van der Waals surface area contributed by atoms with E-state index in [-0.39, 0.29) is 41.6 Å². The highest BCUT2D eigenvalue weighted by Gasteiger charge is 2.37. The van der Waals surface area contributed by atoms with Gasteiger partial charge in [0, 0.05) is 29.1 Å². The van der Waals surface area contributed by atoms with Crippen LogP contribution in [0.15, 0.2) is 53.5 Å². The Morgan fingerprint density at radius 3 is 2.45 bits per heavy atom. The van der Waals surface area contributed by atoms with Gasteiger partial charge in [0.2, 0.25) is 11.8 Å². The van der Waals surface area contributed by atoms with Gasteiger partial charge in [-0.25, -0.2) is 4.99 Å². The van der Waals surface area contributed by atoms with Crippen LogP contribution in [0.3, 0.4) is 0 Å². The minimum Gasteiger partial charge on any atom is -0.370 e. The molecule has 0 bridgehead atoms. The van der Waals surface area contributed by atoms with Crippen LogP contribution in [0.4, 0.5) is 0 Å². The van der Waals surface area contributed by atoms with Crippen LogP contribution in [0.1, 0.15) is 86.2 Å². The first-order valence-corrected chi connectivity index (χ1v) is 15.3. The average molecular weight is 595 g/mol. The van der Waals surface area contributed by atoms with Crippen molar-refractivity contribution in [3.8, 4) is 0 Å². The lowest BCUT2D eigenvalue weighted by atomic mass is 9.80. The Morgan fingerprint density at radius 2 is 1.76 bits per heavy atom. The van der Waals surface area contributed by atoms with E-state index in [1.165, 1.54) is 0 Å². The van der Waals surface area contributed by atoms with Crippen LogP contribution in [0.5, 0.6) is 0 Å². The zero-order valence-corrected chi connectivity index (χ0v) is 25.3. The van der Waals surface area contributed by atoms with Crippen LogP contribution in [-0.2, 0) is 16.1 Å². The van der Waals surface area contributed by atoms with Gasteiger partial charge in [-0.3, -0.25) is 14.4 Å². The first kappa shape index (κ1) is 31.3. The highest BCUT2D eigenvalue weighted by molar-refractivity contribution is 6.30. The number of aliphatic imine (C=N–C) groups is 1. The number of hydrogen-bond donors (Lipinski definition) is 4. The Kier molecular flexibility index (Phi) is 10.8. The predicted octanol–water partition coefficient (Wildman–Crippen LogP) is 4.09. The molecular formula is C32H43ClN6O3. The Bertz CT molecular complexity index is 1280. The molecule has 1 saturated carbocycles. The molecule has 2 aromatic carbocycles. The molecule has 0 unspecified atom stereocenters. The summed E-state index contributed by atoms with van der Waals surface area (Å²) in [6.45, 7) is 4.87. The molecule has 0 aromatic heterocycles. The molecule has 4 atom stereocenters. The highest BCUT2D eigenvalue weighted by atomic mass is 35.5. The van der Waals surface area contributed by atoms with Crippen LogP contribution in [-0.4, -0.2) is 53.3 Å². The molecule has 2 aromatic rings. The normalized spacial score (nSPS) is 21.0. The summed E-state index contributed by atoms with van der Waals surface area (Å²) in [5, 5.41) is 6.97. The number of nitrogens with one attached hydrogen (secondary N) is 2. The Labute approximate surface area is 253 Å². The molecule has 1 aliphatic heterocycles. The second-order valence-electron chi connectivity index (χ2n) is 11.8. The number of hydrogen-bond acceptors (Lipinski definition) is 4. The number of nitrogens with zero attached hydrogens (tertiary/aromatic N) is 2. The number of carbonyl (C=O) groups is 3. The third-order valence-electron chi connectivity index (χ3n) is 8.17. The van der Waals surface area contributed by atoms with E-state index in [0.29, 0.717) is 36.5 Å². The molecule has 42 heavy (non-hydrogen) atoms. The van der Waals surface area contributed by atoms with Crippen molar-refractivity contribution in [1.29, 1.82) is 0 Å². The van der Waals surface area contributed by atoms with Crippen molar-refractivity contribution in [2.45, 2.75) is 89.4 Å². The van der Waals surface area contributed by atoms with Crippen molar-refractivity contribution in [3.63, 3.8) is 0 Å². The lowest BCUT2D eigenvalue weighted by Gasteiger charge is -2.34. The summed E-state index contributed by atoms with van der Waals surface area (Å²) in [6.07, 6.45) is 5.76. The van der Waals surface area contributed by atoms with Crippen molar-refractivity contribution < 1.29 is 14.4 Å². The van der Waals surface area contributed by atoms with E-state index in [1.54, 1.807) is 29.2 Å². The summed E-state index contributed by atoms with van der Waals surface area (Å²) in [4.78, 5) is 46.2. The molecule has 2 aliphatic rings. The number of amides is 3. The second-order valence-corrected chi connectivity index (χ2v) is 12.3. The molecule has 0 spiro atoms. The van der Waals surface area contributed by atoms with Gasteiger partial charge < -0.3 is 27.0 Å². The largest absolute Gasteiger partial charge is 0.370 e. The third-order valence-corrected chi connectivity index (χ3v) is 8.41. The van der Waals surface area contributed by atoms with E-state index < -0.39 is 12.1 Å². The van der Waals surface area contributed by atoms with E-state index in [4.69, 9.17) is 23.1 Å². The van der Waals surface area contributed by atoms with Crippen molar-refractivity contribution in [2.24, 2.45) is 22.4 Å². The topological polar surface area (TPSA) is 143 Å². The summed E-state index contributed by atoms with van der Waals surface area (Å²) < 4.78 is 0. The zero-order valence-electron chi connectivity index (χ0n) is 24.5. The van der Waals surface area contributed by atoms with Crippen LogP contribution in [0.25, 0.3) is 0 Å². The summed E-state index contributed by atoms with van der Waals surface area (Å²) in [5.74, 6) is -0.313. The van der Waals surface area contributed by atoms with E-state index in [1.807, 2.05) is 32.0 Å². The fourth-order valence-electron chi connectivity index (χ4n) is 6.08. The smallest absolute Gasteiger partial charge is 0.254 e. The number of nitrogens with two attached hydrogens (primary N) is 2. The average Bonchev–Trinajstić information content (AvgIpc) is 3.46. The lowest BCUT2D eigenvalue weighted by molar-refractivity contribution is -0.131. The maximum absolute atomic E-state index is 13.6. The Morgan fingerprint density at radius 1 is 1.02 bits per heavy atom. The maximum Gasteiger partial charge on any atom is 0.254 e. The summed E-state index contributed by atoms with van der Waals surface area (Å²) in [7, 11) is 0. The van der Waals surface area contributed by atoms with Crippen molar-refractivity contribution >= 4 is 35.3 Å². The van der Waals surface area contributed by atoms with Crippen LogP contribution < -0.4 is 22.1 Å². The third kappa shape index (κ3) is 8.25. The second kappa shape index (κ2) is 14.5. The molecule has 6 N–H and O–H groups in total. The van der Waals surface area contributed by atoms with E-state index in [0.717, 1.165) is 43.2 Å². The van der Waals surface area contributed by atoms with Gasteiger partial charge in [-0.2, -0.15) is 0 Å². The number of likely N-dealkylation sites (tertiary alicyclic amines) is 1. The first-order valence-electron chi connectivity index (χ1n) is 14.9. The van der Waals surface area contributed by atoms with Gasteiger partial charge in [0.05, 0.1) is 6.54 Å². The molecular weight excluding hydrogens is 552 g/mol. The van der Waals surface area contributed by atoms with Crippen molar-refractivity contribution in [2.75, 3.05) is 6.54 Å². The van der Waals surface area contributed by atoms with Gasteiger partial charge >= 0.3 is 0 Å². The quantitative estimate of drug-likeness (QED) is 0.242. The zero-order chi connectivity index (χ0) is 30.2. The number of rotatable bonds is 10. The van der Waals surface area contributed by atoms with E-state index in [9.17, 15) is 14.4 Å². The minimum atomic E-state index is -0.688. The highest BCUT2D eigenvalue weighted by Crippen LogP contribution is 2.34. The van der Waals surface area contributed by atoms with E-state index in [2.05, 4.69) is 21.7 Å². The van der Waals surface area contributed by atoms with Crippen molar-refractivity contribution in [1.82, 2.24) is 15.5 Å². The van der Waals surface area contributed by atoms with Crippen LogP contribution in [0.2, 0.25) is 5.02 Å². The molecule has 9 nitrogen and oxygen atoms in total. The van der Waals surface area contributed by atoms with Gasteiger partial charge in [0.25, 0.3) is 5.91 Å². The molecule has 3 amide bonds. The minimum absolute atomic E-state index is 0.00481. The fraction of sp³-hybridized carbons (Fsp3) is 0.500. The molecule has 0 radical (unpaired) electrons. The standard InChI is InChI=1S/C32H43ClN6O3/c1-20(2)17-27(29(40)37-26-10-4-3-9-25(26)23-7-5-8-24(33)18-23)38-30(41)28-11-6-16-39(28)31(42)22-14-12-21(13-15-22)19-36-32(34)35/h5,7-8,12-15,18,20,25-28H,3-4,6,9-11,16-17,19H2,1-2H3,(H,37,40)(H,38,41)(H4,34,35,36)/t25-,26+,27-,28-/m0/s1. The SMILES string of the molecule is CC(C)C[C@H](NC(=O)[C@@H]1CCCN1C(=O)c1ccc(CN=C(N)N)cc1)C(=O)N[C@@H]1CCCC[C@H]1c1cccc(Cl)c1. The number of benzene rings is 2. The van der Waals surface area contributed by atoms with Gasteiger partial charge in [-0.15, -0.1) is 0 Å². The summed E-state index contributed by atoms with van der Waals surface area (Å²) >= 11 is 6.27. The molecule has 1 heterocycles. The van der Waals surface area contributed by atoms with Crippen LogP contribution >= 0.6 is 11.6 Å². The maximum atomic E-state index is 13.6. The lowest BCUT2D eigenvalue weighted by Crippen LogP contribution is -2.55. The number of halogens is 1. The molecule has 2 fully saturated rings. The summed E-state index contributed by atoms with van der Waals surface area (Å²) in [6, 6.07) is 13.6. The number of carbonyl (C=O) groups excluding carboxylic acids is 3. The van der Waals surface area contributed by atoms with Gasteiger partial charge in [-0.1, -0.05) is 62.6 Å². The Hall–Kier alpha value is -3.59. The Balaban J connectivity index is 1.43. The monoisotopic (exact) mass is 594 g/mol. The predicted molar refractivity (Wildman–Crippen MR) is 166 cm³/mol. The van der Waals surface area contributed by atoms with Gasteiger partial charge in [-0.05, 0) is 73.4 Å².